The average molecular weight is 495 g/mol. The molecule has 8 heteroatoms. The molecule has 6 nitrogen and oxygen atoms in total. The van der Waals surface area contributed by atoms with Crippen molar-refractivity contribution in [3.63, 3.8) is 0 Å². The van der Waals surface area contributed by atoms with Crippen molar-refractivity contribution >= 4 is 46.1 Å². The molecule has 1 amide bonds. The second kappa shape index (κ2) is 12.0. The highest BCUT2D eigenvalue weighted by Crippen LogP contribution is 2.35. The van der Waals surface area contributed by atoms with Crippen LogP contribution in [0.1, 0.15) is 55.4 Å². The molecule has 34 heavy (non-hydrogen) atoms. The molecule has 1 saturated heterocycles. The van der Waals surface area contributed by atoms with Gasteiger partial charge in [-0.05, 0) is 43.9 Å². The lowest BCUT2D eigenvalue weighted by atomic mass is 10.0. The Morgan fingerprint density at radius 3 is 2.56 bits per heavy atom. The van der Waals surface area contributed by atoms with Gasteiger partial charge >= 0.3 is 0 Å². The number of nitrogens with zero attached hydrogens (tertiary/aromatic N) is 3. The first-order valence-electron chi connectivity index (χ1n) is 11.6. The summed E-state index contributed by atoms with van der Waals surface area (Å²) in [5.74, 6) is 0.504. The normalized spacial score (nSPS) is 14.6. The van der Waals surface area contributed by atoms with E-state index in [2.05, 4.69) is 30.4 Å². The van der Waals surface area contributed by atoms with Crippen LogP contribution < -0.4 is 10.9 Å². The molecule has 1 N–H and O–H groups in total. The van der Waals surface area contributed by atoms with Crippen molar-refractivity contribution in [2.24, 2.45) is 0 Å². The molecule has 0 atom stereocenters. The first-order valence-corrected chi connectivity index (χ1v) is 12.9. The second-order valence-corrected chi connectivity index (χ2v) is 9.80. The van der Waals surface area contributed by atoms with Crippen LogP contribution in [0.4, 0.5) is 5.82 Å². The molecule has 1 aliphatic heterocycles. The summed E-state index contributed by atoms with van der Waals surface area (Å²) in [4.78, 5) is 28.3. The van der Waals surface area contributed by atoms with Gasteiger partial charge in [-0.2, -0.15) is 5.26 Å². The predicted molar refractivity (Wildman–Crippen MR) is 144 cm³/mol. The molecule has 1 aromatic heterocycles. The fourth-order valence-electron chi connectivity index (χ4n) is 3.97. The van der Waals surface area contributed by atoms with E-state index < -0.39 is 0 Å². The van der Waals surface area contributed by atoms with Crippen molar-refractivity contribution in [2.45, 2.75) is 53.0 Å². The van der Waals surface area contributed by atoms with Gasteiger partial charge in [0.1, 0.15) is 21.8 Å². The van der Waals surface area contributed by atoms with Crippen molar-refractivity contribution in [3.05, 3.63) is 67.8 Å². The lowest BCUT2D eigenvalue weighted by Gasteiger charge is -2.19. The lowest BCUT2D eigenvalue weighted by Crippen LogP contribution is -2.29. The summed E-state index contributed by atoms with van der Waals surface area (Å²) in [6, 6.07) is 12.1. The third-order valence-corrected chi connectivity index (χ3v) is 7.25. The first-order chi connectivity index (χ1) is 16.4. The van der Waals surface area contributed by atoms with Crippen LogP contribution in [0.2, 0.25) is 0 Å². The van der Waals surface area contributed by atoms with Crippen LogP contribution in [0.25, 0.3) is 6.08 Å². The predicted octanol–water partition coefficient (Wildman–Crippen LogP) is 5.09. The topological polar surface area (TPSA) is 78.1 Å². The summed E-state index contributed by atoms with van der Waals surface area (Å²) in [5, 5.41) is 13.1. The van der Waals surface area contributed by atoms with Crippen molar-refractivity contribution < 1.29 is 4.79 Å². The molecular weight excluding hydrogens is 464 g/mol. The van der Waals surface area contributed by atoms with Crippen LogP contribution in [0.15, 0.2) is 40.0 Å². The largest absolute Gasteiger partial charge is 0.371 e. The summed E-state index contributed by atoms with van der Waals surface area (Å²) in [7, 11) is 0. The van der Waals surface area contributed by atoms with E-state index in [4.69, 9.17) is 12.2 Å². The Morgan fingerprint density at radius 2 is 1.91 bits per heavy atom. The number of hydrogen-bond donors (Lipinski definition) is 1. The Morgan fingerprint density at radius 1 is 1.18 bits per heavy atom. The van der Waals surface area contributed by atoms with Gasteiger partial charge in [0.25, 0.3) is 11.5 Å². The van der Waals surface area contributed by atoms with Crippen molar-refractivity contribution in [1.29, 1.82) is 5.26 Å². The maximum atomic E-state index is 13.1. The number of unbranched alkanes of at least 4 members (excludes halogenated alkanes) is 2. The number of anilines is 1. The van der Waals surface area contributed by atoms with E-state index >= 15 is 0 Å². The van der Waals surface area contributed by atoms with E-state index in [1.807, 2.05) is 25.1 Å². The Kier molecular flexibility index (Phi) is 9.08. The highest BCUT2D eigenvalue weighted by molar-refractivity contribution is 8.26. The van der Waals surface area contributed by atoms with Crippen LogP contribution >= 0.6 is 24.0 Å². The molecule has 0 spiro atoms. The van der Waals surface area contributed by atoms with Gasteiger partial charge in [0, 0.05) is 25.2 Å². The van der Waals surface area contributed by atoms with Gasteiger partial charge in [-0.25, -0.2) is 0 Å². The summed E-state index contributed by atoms with van der Waals surface area (Å²) >= 11 is 6.75. The summed E-state index contributed by atoms with van der Waals surface area (Å²) in [6.45, 7) is 7.37. The fraction of sp³-hybridized carbons (Fsp3) is 0.385. The van der Waals surface area contributed by atoms with Crippen LogP contribution in [-0.2, 0) is 17.8 Å². The van der Waals surface area contributed by atoms with E-state index in [0.29, 0.717) is 45.8 Å². The third kappa shape index (κ3) is 5.60. The van der Waals surface area contributed by atoms with Crippen molar-refractivity contribution in [2.75, 3.05) is 18.4 Å². The zero-order valence-electron chi connectivity index (χ0n) is 19.9. The number of nitriles is 1. The van der Waals surface area contributed by atoms with E-state index in [1.165, 1.54) is 17.3 Å². The number of pyridine rings is 1. The lowest BCUT2D eigenvalue weighted by molar-refractivity contribution is -0.122. The number of rotatable bonds is 10. The summed E-state index contributed by atoms with van der Waals surface area (Å²) in [5.41, 5.74) is 2.20. The Balaban J connectivity index is 1.99. The number of benzene rings is 1. The number of carbonyl (C=O) groups excluding carboxylic acids is 1. The van der Waals surface area contributed by atoms with Gasteiger partial charge < -0.3 is 5.32 Å². The minimum atomic E-state index is -0.325. The molecule has 0 unspecified atom stereocenters. The molecule has 1 aliphatic rings. The maximum absolute atomic E-state index is 13.1. The highest BCUT2D eigenvalue weighted by Gasteiger charge is 2.32. The maximum Gasteiger partial charge on any atom is 0.270 e. The van der Waals surface area contributed by atoms with Crippen molar-refractivity contribution in [3.8, 4) is 6.07 Å². The molecule has 0 bridgehead atoms. The van der Waals surface area contributed by atoms with Gasteiger partial charge in [-0.1, -0.05) is 74.1 Å². The van der Waals surface area contributed by atoms with E-state index in [0.717, 1.165) is 25.7 Å². The molecule has 3 rings (SSSR count). The zero-order valence-corrected chi connectivity index (χ0v) is 21.5. The molecule has 1 aromatic carbocycles. The van der Waals surface area contributed by atoms with Crippen LogP contribution in [0.5, 0.6) is 0 Å². The number of thioether (sulfide) groups is 1. The molecule has 178 valence electrons. The van der Waals surface area contributed by atoms with Gasteiger partial charge in [-0.15, -0.1) is 0 Å². The molecule has 0 radical (unpaired) electrons. The number of carbonyl (C=O) groups is 1. The molecule has 0 aliphatic carbocycles. The summed E-state index contributed by atoms with van der Waals surface area (Å²) in [6.07, 6.45) is 5.57. The number of aromatic nitrogens is 1. The monoisotopic (exact) mass is 494 g/mol. The Labute approximate surface area is 210 Å². The van der Waals surface area contributed by atoms with Crippen molar-refractivity contribution in [1.82, 2.24) is 9.47 Å². The van der Waals surface area contributed by atoms with Crippen LogP contribution in [0, 0.1) is 18.3 Å². The van der Waals surface area contributed by atoms with E-state index in [1.54, 1.807) is 22.5 Å². The minimum absolute atomic E-state index is 0.0973. The quantitative estimate of drug-likeness (QED) is 0.281. The fourth-order valence-corrected chi connectivity index (χ4v) is 5.26. The van der Waals surface area contributed by atoms with Gasteiger partial charge in [0.15, 0.2) is 0 Å². The third-order valence-electron chi connectivity index (χ3n) is 5.87. The van der Waals surface area contributed by atoms with Gasteiger partial charge in [-0.3, -0.25) is 19.1 Å². The molecule has 2 heterocycles. The van der Waals surface area contributed by atoms with Crippen LogP contribution in [0.3, 0.4) is 0 Å². The molecule has 0 saturated carbocycles. The average Bonchev–Trinajstić information content (AvgIpc) is 3.10. The Bertz CT molecular complexity index is 1200. The van der Waals surface area contributed by atoms with Crippen LogP contribution in [-0.4, -0.2) is 32.8 Å². The first kappa shape index (κ1) is 25.7. The SMILES string of the molecule is CCCCCN1C(=O)/C(=C\c2c(C)c(C#N)c(=O)n(CC)c2NCCc2ccccc2)SC1=S. The Hall–Kier alpha value is -2.89. The molecule has 1 fully saturated rings. The number of thiocarbonyl (C=S) groups is 1. The van der Waals surface area contributed by atoms with Gasteiger partial charge in [0.2, 0.25) is 0 Å². The minimum Gasteiger partial charge on any atom is -0.371 e. The van der Waals surface area contributed by atoms with E-state index in [9.17, 15) is 14.9 Å². The summed E-state index contributed by atoms with van der Waals surface area (Å²) < 4.78 is 2.12. The zero-order chi connectivity index (χ0) is 24.7. The molecule has 2 aromatic rings. The van der Waals surface area contributed by atoms with E-state index in [-0.39, 0.29) is 17.0 Å². The second-order valence-electron chi connectivity index (χ2n) is 8.13. The number of hydrogen-bond acceptors (Lipinski definition) is 6. The highest BCUT2D eigenvalue weighted by atomic mass is 32.2. The number of nitrogens with one attached hydrogen (secondary N) is 1. The molecular formula is C26H30N4O2S2. The van der Waals surface area contributed by atoms with Gasteiger partial charge in [0.05, 0.1) is 4.91 Å². The number of amides is 1. The standard InChI is InChI=1S/C26H30N4O2S2/c1-4-6-10-15-30-25(32)22(34-26(30)33)16-20-18(3)21(17-27)24(31)29(5-2)23(20)28-14-13-19-11-8-7-9-12-19/h7-9,11-12,16,28H,4-6,10,13-15H2,1-3H3/b22-16+. The smallest absolute Gasteiger partial charge is 0.270 e.